The first kappa shape index (κ1) is 13.3. The van der Waals surface area contributed by atoms with Crippen molar-refractivity contribution in [1.29, 1.82) is 0 Å². The summed E-state index contributed by atoms with van der Waals surface area (Å²) in [6, 6.07) is 6.91. The fourth-order valence-electron chi connectivity index (χ4n) is 2.97. The molecule has 1 saturated heterocycles. The van der Waals surface area contributed by atoms with E-state index in [0.717, 1.165) is 0 Å². The summed E-state index contributed by atoms with van der Waals surface area (Å²) >= 11 is 0. The summed E-state index contributed by atoms with van der Waals surface area (Å²) in [5.74, 6) is -0.294. The van der Waals surface area contributed by atoms with Crippen LogP contribution >= 0.6 is 0 Å². The number of aliphatic hydroxyl groups is 1. The van der Waals surface area contributed by atoms with Crippen molar-refractivity contribution < 1.29 is 14.7 Å². The Labute approximate surface area is 117 Å². The molecule has 1 fully saturated rings. The van der Waals surface area contributed by atoms with Crippen LogP contribution in [-0.4, -0.2) is 47.6 Å². The highest BCUT2D eigenvalue weighted by molar-refractivity contribution is 6.21. The van der Waals surface area contributed by atoms with Crippen LogP contribution in [0.25, 0.3) is 0 Å². The van der Waals surface area contributed by atoms with Crippen molar-refractivity contribution in [3.05, 3.63) is 35.4 Å². The molecular weight excluding hydrogens is 256 g/mol. The quantitative estimate of drug-likeness (QED) is 0.771. The van der Waals surface area contributed by atoms with Crippen LogP contribution in [0.4, 0.5) is 0 Å². The highest BCUT2D eigenvalue weighted by Crippen LogP contribution is 2.26. The highest BCUT2D eigenvalue weighted by Gasteiger charge is 2.38. The molecule has 3 atom stereocenters. The zero-order valence-corrected chi connectivity index (χ0v) is 11.4. The van der Waals surface area contributed by atoms with Gasteiger partial charge in [0.05, 0.1) is 17.2 Å². The highest BCUT2D eigenvalue weighted by atomic mass is 16.3. The molecule has 0 aliphatic carbocycles. The minimum Gasteiger partial charge on any atom is -0.392 e. The van der Waals surface area contributed by atoms with E-state index in [0.29, 0.717) is 30.8 Å². The molecule has 2 heterocycles. The molecule has 5 heteroatoms. The van der Waals surface area contributed by atoms with Gasteiger partial charge in [-0.3, -0.25) is 14.5 Å². The Morgan fingerprint density at radius 2 is 1.80 bits per heavy atom. The third kappa shape index (κ3) is 2.03. The van der Waals surface area contributed by atoms with Gasteiger partial charge in [-0.1, -0.05) is 19.1 Å². The molecule has 1 aromatic carbocycles. The van der Waals surface area contributed by atoms with Crippen LogP contribution in [0.3, 0.4) is 0 Å². The molecule has 0 bridgehead atoms. The van der Waals surface area contributed by atoms with E-state index in [1.54, 1.807) is 24.3 Å². The standard InChI is InChI=1S/C15H18N2O3/c1-9-10(6-16-7-13(9)18)8-17-14(19)11-4-2-3-5-12(11)15(17)20/h2-5,9-10,13,16,18H,6-8H2,1H3. The molecule has 5 nitrogen and oxygen atoms in total. The van der Waals surface area contributed by atoms with Crippen molar-refractivity contribution in [1.82, 2.24) is 10.2 Å². The third-order valence-corrected chi connectivity index (χ3v) is 4.41. The van der Waals surface area contributed by atoms with Crippen LogP contribution < -0.4 is 5.32 Å². The molecule has 20 heavy (non-hydrogen) atoms. The fourth-order valence-corrected chi connectivity index (χ4v) is 2.97. The lowest BCUT2D eigenvalue weighted by molar-refractivity contribution is 0.0353. The molecule has 2 amide bonds. The van der Waals surface area contributed by atoms with E-state index in [2.05, 4.69) is 5.32 Å². The Balaban J connectivity index is 1.80. The van der Waals surface area contributed by atoms with Gasteiger partial charge in [-0.2, -0.15) is 0 Å². The van der Waals surface area contributed by atoms with Gasteiger partial charge in [-0.05, 0) is 24.0 Å². The molecule has 1 aromatic rings. The van der Waals surface area contributed by atoms with Gasteiger partial charge in [-0.15, -0.1) is 0 Å². The summed E-state index contributed by atoms with van der Waals surface area (Å²) in [4.78, 5) is 25.9. The summed E-state index contributed by atoms with van der Waals surface area (Å²) in [5.41, 5.74) is 0.962. The Morgan fingerprint density at radius 1 is 1.20 bits per heavy atom. The monoisotopic (exact) mass is 274 g/mol. The zero-order valence-electron chi connectivity index (χ0n) is 11.4. The minimum absolute atomic E-state index is 0.0700. The number of benzene rings is 1. The smallest absolute Gasteiger partial charge is 0.261 e. The summed E-state index contributed by atoms with van der Waals surface area (Å²) in [6.07, 6.45) is -0.427. The number of nitrogens with one attached hydrogen (secondary N) is 1. The molecule has 106 valence electrons. The van der Waals surface area contributed by atoms with Gasteiger partial charge in [-0.25, -0.2) is 0 Å². The van der Waals surface area contributed by atoms with Crippen molar-refractivity contribution in [3.63, 3.8) is 0 Å². The lowest BCUT2D eigenvalue weighted by Crippen LogP contribution is -2.50. The second-order valence-corrected chi connectivity index (χ2v) is 5.61. The predicted octanol–water partition coefficient (Wildman–Crippen LogP) is 0.499. The molecule has 0 aromatic heterocycles. The van der Waals surface area contributed by atoms with E-state index in [1.165, 1.54) is 4.90 Å². The Morgan fingerprint density at radius 3 is 2.40 bits per heavy atom. The largest absolute Gasteiger partial charge is 0.392 e. The lowest BCUT2D eigenvalue weighted by Gasteiger charge is -2.35. The maximum atomic E-state index is 12.3. The average Bonchev–Trinajstić information content (AvgIpc) is 2.69. The van der Waals surface area contributed by atoms with E-state index in [4.69, 9.17) is 0 Å². The molecule has 2 N–H and O–H groups in total. The second kappa shape index (κ2) is 5.00. The first-order valence-electron chi connectivity index (χ1n) is 6.93. The fraction of sp³-hybridized carbons (Fsp3) is 0.467. The van der Waals surface area contributed by atoms with Crippen LogP contribution in [0.15, 0.2) is 24.3 Å². The molecule has 0 saturated carbocycles. The molecule has 3 unspecified atom stereocenters. The molecule has 0 spiro atoms. The number of hydrogen-bond donors (Lipinski definition) is 2. The number of piperidine rings is 1. The first-order valence-corrected chi connectivity index (χ1v) is 6.93. The summed E-state index contributed by atoms with van der Waals surface area (Å²) in [7, 11) is 0. The van der Waals surface area contributed by atoms with Crippen molar-refractivity contribution in [2.45, 2.75) is 13.0 Å². The number of imide groups is 1. The third-order valence-electron chi connectivity index (χ3n) is 4.41. The van der Waals surface area contributed by atoms with E-state index >= 15 is 0 Å². The van der Waals surface area contributed by atoms with Gasteiger partial charge in [0.25, 0.3) is 11.8 Å². The molecule has 0 radical (unpaired) electrons. The normalized spacial score (nSPS) is 29.7. The van der Waals surface area contributed by atoms with Crippen molar-refractivity contribution >= 4 is 11.8 Å². The Kier molecular flexibility index (Phi) is 3.31. The summed E-state index contributed by atoms with van der Waals surface area (Å²) < 4.78 is 0. The number of carbonyl (C=O) groups excluding carboxylic acids is 2. The lowest BCUT2D eigenvalue weighted by atomic mass is 9.85. The van der Waals surface area contributed by atoms with Gasteiger partial charge in [0.2, 0.25) is 0 Å². The van der Waals surface area contributed by atoms with Gasteiger partial charge < -0.3 is 10.4 Å². The number of rotatable bonds is 2. The van der Waals surface area contributed by atoms with Crippen LogP contribution in [0, 0.1) is 11.8 Å². The number of fused-ring (bicyclic) bond motifs is 1. The van der Waals surface area contributed by atoms with E-state index in [1.807, 2.05) is 6.92 Å². The van der Waals surface area contributed by atoms with Crippen molar-refractivity contribution in [3.8, 4) is 0 Å². The van der Waals surface area contributed by atoms with Gasteiger partial charge >= 0.3 is 0 Å². The number of β-amino-alcohol motifs (C(OH)–C–C–N with tert-alkyl or cyclic N) is 1. The first-order chi connectivity index (χ1) is 9.59. The number of carbonyl (C=O) groups is 2. The van der Waals surface area contributed by atoms with Gasteiger partial charge in [0.1, 0.15) is 0 Å². The number of aliphatic hydroxyl groups excluding tert-OH is 1. The average molecular weight is 274 g/mol. The van der Waals surface area contributed by atoms with E-state index in [-0.39, 0.29) is 23.7 Å². The van der Waals surface area contributed by atoms with Crippen molar-refractivity contribution in [2.24, 2.45) is 11.8 Å². The molecule has 2 aliphatic rings. The summed E-state index contributed by atoms with van der Waals surface area (Å²) in [6.45, 7) is 3.61. The maximum Gasteiger partial charge on any atom is 0.261 e. The topological polar surface area (TPSA) is 69.6 Å². The van der Waals surface area contributed by atoms with E-state index < -0.39 is 6.10 Å². The van der Waals surface area contributed by atoms with Crippen LogP contribution in [0.1, 0.15) is 27.6 Å². The molecular formula is C15H18N2O3. The number of nitrogens with zero attached hydrogens (tertiary/aromatic N) is 1. The Bertz CT molecular complexity index is 523. The minimum atomic E-state index is -0.427. The van der Waals surface area contributed by atoms with Gasteiger partial charge in [0.15, 0.2) is 0 Å². The van der Waals surface area contributed by atoms with Crippen LogP contribution in [-0.2, 0) is 0 Å². The molecule has 2 aliphatic heterocycles. The van der Waals surface area contributed by atoms with Crippen molar-refractivity contribution in [2.75, 3.05) is 19.6 Å². The number of hydrogen-bond acceptors (Lipinski definition) is 4. The number of amides is 2. The predicted molar refractivity (Wildman–Crippen MR) is 73.3 cm³/mol. The summed E-state index contributed by atoms with van der Waals surface area (Å²) in [5, 5.41) is 13.0. The Hall–Kier alpha value is -1.72. The molecule has 3 rings (SSSR count). The second-order valence-electron chi connectivity index (χ2n) is 5.61. The van der Waals surface area contributed by atoms with E-state index in [9.17, 15) is 14.7 Å². The van der Waals surface area contributed by atoms with Crippen LogP contribution in [0.2, 0.25) is 0 Å². The zero-order chi connectivity index (χ0) is 14.3. The van der Waals surface area contributed by atoms with Crippen LogP contribution in [0.5, 0.6) is 0 Å². The van der Waals surface area contributed by atoms with Gasteiger partial charge in [0, 0.05) is 19.6 Å². The SMILES string of the molecule is CC1C(O)CNCC1CN1C(=O)c2ccccc2C1=O. The maximum absolute atomic E-state index is 12.3.